The average Bonchev–Trinajstić information content (AvgIpc) is 2.29. The molecule has 0 saturated carbocycles. The van der Waals surface area contributed by atoms with Crippen LogP contribution in [0.4, 0.5) is 5.69 Å². The van der Waals surface area contributed by atoms with Crippen LogP contribution in [0.25, 0.3) is 0 Å². The normalized spacial score (nSPS) is 21.2. The van der Waals surface area contributed by atoms with E-state index in [4.69, 9.17) is 0 Å². The van der Waals surface area contributed by atoms with Crippen molar-refractivity contribution in [3.8, 4) is 0 Å². The van der Waals surface area contributed by atoms with Gasteiger partial charge in [-0.15, -0.1) is 0 Å². The number of hydrogen-bond acceptors (Lipinski definition) is 1. The Hall–Kier alpha value is -0.0200. The van der Waals surface area contributed by atoms with Crippen molar-refractivity contribution >= 4 is 37.5 Å². The first-order valence-electron chi connectivity index (χ1n) is 5.80. The topological polar surface area (TPSA) is 3.24 Å². The molecule has 0 aromatic heterocycles. The van der Waals surface area contributed by atoms with E-state index in [-0.39, 0.29) is 0 Å². The van der Waals surface area contributed by atoms with Crippen molar-refractivity contribution in [1.29, 1.82) is 0 Å². The van der Waals surface area contributed by atoms with Gasteiger partial charge in [-0.25, -0.2) is 0 Å². The van der Waals surface area contributed by atoms with E-state index >= 15 is 0 Å². The summed E-state index contributed by atoms with van der Waals surface area (Å²) in [5.41, 5.74) is 2.77. The Labute approximate surface area is 114 Å². The highest BCUT2D eigenvalue weighted by atomic mass is 79.9. The van der Waals surface area contributed by atoms with Gasteiger partial charge >= 0.3 is 0 Å². The zero-order valence-electron chi connectivity index (χ0n) is 9.55. The minimum absolute atomic E-state index is 0.816. The van der Waals surface area contributed by atoms with E-state index in [1.54, 1.807) is 0 Å². The number of rotatable bonds is 2. The van der Waals surface area contributed by atoms with Gasteiger partial charge in [0.15, 0.2) is 0 Å². The fourth-order valence-electron chi connectivity index (χ4n) is 2.35. The second-order valence-electron chi connectivity index (χ2n) is 4.60. The summed E-state index contributed by atoms with van der Waals surface area (Å²) >= 11 is 7.14. The summed E-state index contributed by atoms with van der Waals surface area (Å²) in [6.07, 6.45) is 2.68. The third-order valence-corrected chi connectivity index (χ3v) is 4.29. The molecule has 1 aliphatic rings. The number of nitrogens with zero attached hydrogens (tertiary/aromatic N) is 1. The van der Waals surface area contributed by atoms with Gasteiger partial charge < -0.3 is 4.90 Å². The lowest BCUT2D eigenvalue weighted by Gasteiger charge is -2.34. The molecule has 1 heterocycles. The largest absolute Gasteiger partial charge is 0.371 e. The second kappa shape index (κ2) is 5.54. The van der Waals surface area contributed by atoms with E-state index in [1.807, 2.05) is 0 Å². The number of benzene rings is 1. The molecule has 0 radical (unpaired) electrons. The summed E-state index contributed by atoms with van der Waals surface area (Å²) in [6, 6.07) is 6.57. The molecule has 1 nitrogen and oxygen atoms in total. The molecule has 0 aliphatic carbocycles. The van der Waals surface area contributed by atoms with Gasteiger partial charge in [0.25, 0.3) is 0 Å². The molecule has 88 valence electrons. The van der Waals surface area contributed by atoms with Crippen molar-refractivity contribution in [2.45, 2.75) is 25.1 Å². The second-order valence-corrected chi connectivity index (χ2v) is 6.08. The van der Waals surface area contributed by atoms with Gasteiger partial charge in [0, 0.05) is 28.6 Å². The molecule has 3 heteroatoms. The molecule has 1 aromatic carbocycles. The lowest BCUT2D eigenvalue weighted by Crippen LogP contribution is -2.34. The van der Waals surface area contributed by atoms with Crippen LogP contribution in [0.15, 0.2) is 22.7 Å². The number of alkyl halides is 1. The summed E-state index contributed by atoms with van der Waals surface area (Å²) < 4.78 is 1.17. The summed E-state index contributed by atoms with van der Waals surface area (Å²) in [4.78, 5) is 2.52. The van der Waals surface area contributed by atoms with E-state index in [0.717, 1.165) is 11.2 Å². The third-order valence-electron chi connectivity index (χ3n) is 3.19. The molecule has 0 bridgehead atoms. The van der Waals surface area contributed by atoms with Crippen LogP contribution in [0.3, 0.4) is 0 Å². The lowest BCUT2D eigenvalue weighted by atomic mass is 9.99. The predicted molar refractivity (Wildman–Crippen MR) is 77.4 cm³/mol. The van der Waals surface area contributed by atoms with Crippen molar-refractivity contribution < 1.29 is 0 Å². The van der Waals surface area contributed by atoms with Crippen molar-refractivity contribution in [3.05, 3.63) is 28.2 Å². The van der Waals surface area contributed by atoms with Crippen LogP contribution in [0.5, 0.6) is 0 Å². The van der Waals surface area contributed by atoms with Crippen LogP contribution in [-0.2, 0) is 5.33 Å². The Bertz CT molecular complexity index is 365. The lowest BCUT2D eigenvalue weighted by molar-refractivity contribution is 0.446. The molecular formula is C13H17Br2N. The summed E-state index contributed by atoms with van der Waals surface area (Å²) in [5.74, 6) is 0.816. The SMILES string of the molecule is CC1CCCN(c2cc(Br)ccc2CBr)C1. The zero-order valence-corrected chi connectivity index (χ0v) is 12.7. The quantitative estimate of drug-likeness (QED) is 0.708. The van der Waals surface area contributed by atoms with E-state index in [1.165, 1.54) is 41.7 Å². The van der Waals surface area contributed by atoms with Gasteiger partial charge in [-0.05, 0) is 36.5 Å². The smallest absolute Gasteiger partial charge is 0.0418 e. The molecule has 0 spiro atoms. The zero-order chi connectivity index (χ0) is 11.5. The van der Waals surface area contributed by atoms with E-state index in [9.17, 15) is 0 Å². The highest BCUT2D eigenvalue weighted by molar-refractivity contribution is 9.10. The first-order valence-corrected chi connectivity index (χ1v) is 7.71. The standard InChI is InChI=1S/C13H17Br2N/c1-10-3-2-6-16(9-10)13-7-12(15)5-4-11(13)8-14/h4-5,7,10H,2-3,6,8-9H2,1H3. The molecule has 0 N–H and O–H groups in total. The van der Waals surface area contributed by atoms with Crippen molar-refractivity contribution in [1.82, 2.24) is 0 Å². The van der Waals surface area contributed by atoms with Gasteiger partial charge in [-0.3, -0.25) is 0 Å². The fourth-order valence-corrected chi connectivity index (χ4v) is 3.18. The van der Waals surface area contributed by atoms with Crippen LogP contribution in [0.1, 0.15) is 25.3 Å². The van der Waals surface area contributed by atoms with Crippen LogP contribution >= 0.6 is 31.9 Å². The average molecular weight is 347 g/mol. The van der Waals surface area contributed by atoms with Crippen LogP contribution < -0.4 is 4.90 Å². The minimum Gasteiger partial charge on any atom is -0.371 e. The van der Waals surface area contributed by atoms with Gasteiger partial charge in [0.05, 0.1) is 0 Å². The maximum atomic E-state index is 3.57. The van der Waals surface area contributed by atoms with Crippen molar-refractivity contribution in [2.75, 3.05) is 18.0 Å². The molecule has 16 heavy (non-hydrogen) atoms. The molecule has 1 saturated heterocycles. The molecule has 1 atom stereocenters. The summed E-state index contributed by atoms with van der Waals surface area (Å²) in [6.45, 7) is 4.73. The van der Waals surface area contributed by atoms with Crippen LogP contribution in [0.2, 0.25) is 0 Å². The Morgan fingerprint density at radius 3 is 2.94 bits per heavy atom. The molecule has 1 unspecified atom stereocenters. The Balaban J connectivity index is 2.26. The number of halogens is 2. The van der Waals surface area contributed by atoms with E-state index in [2.05, 4.69) is 61.9 Å². The third kappa shape index (κ3) is 2.80. The van der Waals surface area contributed by atoms with Gasteiger partial charge in [-0.1, -0.05) is 44.8 Å². The number of anilines is 1. The number of piperidine rings is 1. The fraction of sp³-hybridized carbons (Fsp3) is 0.538. The molecule has 0 amide bonds. The first-order chi connectivity index (χ1) is 7.70. The highest BCUT2D eigenvalue weighted by Crippen LogP contribution is 2.30. The van der Waals surface area contributed by atoms with Crippen molar-refractivity contribution in [3.63, 3.8) is 0 Å². The van der Waals surface area contributed by atoms with Gasteiger partial charge in [0.1, 0.15) is 0 Å². The molecule has 2 rings (SSSR count). The molecule has 1 aromatic rings. The maximum Gasteiger partial charge on any atom is 0.0418 e. The summed E-state index contributed by atoms with van der Waals surface area (Å²) in [7, 11) is 0. The molecular weight excluding hydrogens is 330 g/mol. The first kappa shape index (κ1) is 12.4. The maximum absolute atomic E-state index is 3.57. The highest BCUT2D eigenvalue weighted by Gasteiger charge is 2.18. The van der Waals surface area contributed by atoms with Crippen LogP contribution in [0, 0.1) is 5.92 Å². The van der Waals surface area contributed by atoms with Gasteiger partial charge in [-0.2, -0.15) is 0 Å². The molecule has 1 aliphatic heterocycles. The predicted octanol–water partition coefficient (Wildman–Crippen LogP) is 4.58. The van der Waals surface area contributed by atoms with Crippen LogP contribution in [-0.4, -0.2) is 13.1 Å². The minimum atomic E-state index is 0.816. The monoisotopic (exact) mass is 345 g/mol. The Morgan fingerprint density at radius 1 is 1.44 bits per heavy atom. The van der Waals surface area contributed by atoms with Crippen molar-refractivity contribution in [2.24, 2.45) is 5.92 Å². The Kier molecular flexibility index (Phi) is 4.31. The number of hydrogen-bond donors (Lipinski definition) is 0. The van der Waals surface area contributed by atoms with E-state index in [0.29, 0.717) is 0 Å². The Morgan fingerprint density at radius 2 is 2.25 bits per heavy atom. The van der Waals surface area contributed by atoms with Gasteiger partial charge in [0.2, 0.25) is 0 Å². The summed E-state index contributed by atoms with van der Waals surface area (Å²) in [5, 5.41) is 0.931. The molecule has 1 fully saturated rings. The van der Waals surface area contributed by atoms with E-state index < -0.39 is 0 Å².